The number of esters is 2. The Kier molecular flexibility index (Phi) is 3.77. The number of aromatic amines is 1. The van der Waals surface area contributed by atoms with Gasteiger partial charge in [0.1, 0.15) is 0 Å². The minimum atomic E-state index is -0.514. The van der Waals surface area contributed by atoms with E-state index in [1.807, 2.05) is 37.3 Å². The smallest absolute Gasteiger partial charge is 0.319 e. The van der Waals surface area contributed by atoms with E-state index in [1.165, 1.54) is 0 Å². The molecule has 0 aliphatic heterocycles. The first-order valence-electron chi connectivity index (χ1n) is 5.99. The molecule has 0 unspecified atom stereocenters. The summed E-state index contributed by atoms with van der Waals surface area (Å²) in [6.45, 7) is 1.86. The van der Waals surface area contributed by atoms with E-state index in [4.69, 9.17) is 4.74 Å². The second-order valence-corrected chi connectivity index (χ2v) is 4.15. The van der Waals surface area contributed by atoms with E-state index in [9.17, 15) is 9.59 Å². The van der Waals surface area contributed by atoms with Crippen LogP contribution in [0.15, 0.2) is 30.3 Å². The van der Waals surface area contributed by atoms with Gasteiger partial charge in [0.05, 0.1) is 6.42 Å². The molecule has 0 saturated carbocycles. The number of hydrogen-bond acceptors (Lipinski definition) is 3. The molecule has 4 heteroatoms. The molecule has 1 heterocycles. The highest BCUT2D eigenvalue weighted by Crippen LogP contribution is 2.15. The van der Waals surface area contributed by atoms with Crippen LogP contribution in [-0.2, 0) is 20.7 Å². The summed E-state index contributed by atoms with van der Waals surface area (Å²) in [6, 6.07) is 9.64. The van der Waals surface area contributed by atoms with Gasteiger partial charge in [-0.2, -0.15) is 0 Å². The van der Waals surface area contributed by atoms with Gasteiger partial charge in [-0.15, -0.1) is 0 Å². The zero-order valence-electron chi connectivity index (χ0n) is 10.2. The number of H-pyrrole nitrogens is 1. The molecule has 0 amide bonds. The first-order valence-corrected chi connectivity index (χ1v) is 5.99. The third-order valence-electron chi connectivity index (χ3n) is 2.60. The Bertz CT molecular complexity index is 538. The molecule has 0 aliphatic carbocycles. The molecular formula is C14H15NO3. The normalized spacial score (nSPS) is 10.5. The van der Waals surface area contributed by atoms with Crippen molar-refractivity contribution in [1.29, 1.82) is 0 Å². The number of carbonyl (C=O) groups is 2. The maximum absolute atomic E-state index is 11.5. The number of hydrogen-bond donors (Lipinski definition) is 1. The van der Waals surface area contributed by atoms with Crippen LogP contribution in [0.4, 0.5) is 0 Å². The molecule has 0 bridgehead atoms. The van der Waals surface area contributed by atoms with Crippen molar-refractivity contribution >= 4 is 22.8 Å². The van der Waals surface area contributed by atoms with Gasteiger partial charge in [-0.25, -0.2) is 0 Å². The number of ether oxygens (including phenoxy) is 1. The van der Waals surface area contributed by atoms with E-state index in [1.54, 1.807) is 0 Å². The van der Waals surface area contributed by atoms with Gasteiger partial charge in [-0.1, -0.05) is 25.1 Å². The molecule has 2 aromatic rings. The number of benzene rings is 1. The number of rotatable bonds is 4. The fraction of sp³-hybridized carbons (Fsp3) is 0.286. The minimum Gasteiger partial charge on any atom is -0.393 e. The Hall–Kier alpha value is -2.10. The Labute approximate surface area is 105 Å². The highest BCUT2D eigenvalue weighted by Gasteiger charge is 2.11. The molecule has 4 nitrogen and oxygen atoms in total. The summed E-state index contributed by atoms with van der Waals surface area (Å²) < 4.78 is 4.69. The van der Waals surface area contributed by atoms with Crippen LogP contribution in [0.5, 0.6) is 0 Å². The molecule has 0 fully saturated rings. The van der Waals surface area contributed by atoms with Gasteiger partial charge < -0.3 is 9.72 Å². The minimum absolute atomic E-state index is 0.0874. The zero-order chi connectivity index (χ0) is 13.0. The molecule has 1 aromatic carbocycles. The van der Waals surface area contributed by atoms with Crippen LogP contribution in [0.25, 0.3) is 10.9 Å². The van der Waals surface area contributed by atoms with Crippen molar-refractivity contribution in [2.75, 3.05) is 0 Å². The van der Waals surface area contributed by atoms with Gasteiger partial charge in [0.25, 0.3) is 0 Å². The standard InChI is InChI=1S/C14H15NO3/c1-2-5-13(16)18-14(17)9-11-8-10-6-3-4-7-12(10)15-11/h3-4,6-8,15H,2,5,9H2,1H3. The van der Waals surface area contributed by atoms with E-state index in [0.717, 1.165) is 16.6 Å². The molecular weight excluding hydrogens is 230 g/mol. The average molecular weight is 245 g/mol. The maximum Gasteiger partial charge on any atom is 0.319 e. The lowest BCUT2D eigenvalue weighted by Gasteiger charge is -2.00. The maximum atomic E-state index is 11.5. The topological polar surface area (TPSA) is 59.2 Å². The molecule has 0 radical (unpaired) electrons. The van der Waals surface area contributed by atoms with Crippen molar-refractivity contribution in [3.05, 3.63) is 36.0 Å². The molecule has 2 rings (SSSR count). The van der Waals surface area contributed by atoms with Crippen LogP contribution >= 0.6 is 0 Å². The summed E-state index contributed by atoms with van der Waals surface area (Å²) >= 11 is 0. The second kappa shape index (κ2) is 5.49. The highest BCUT2D eigenvalue weighted by molar-refractivity contribution is 5.88. The number of fused-ring (bicyclic) bond motifs is 1. The van der Waals surface area contributed by atoms with Crippen LogP contribution < -0.4 is 0 Å². The molecule has 0 aliphatic rings. The van der Waals surface area contributed by atoms with Crippen molar-refractivity contribution in [1.82, 2.24) is 4.98 Å². The van der Waals surface area contributed by atoms with Crippen molar-refractivity contribution < 1.29 is 14.3 Å². The first kappa shape index (κ1) is 12.4. The van der Waals surface area contributed by atoms with Crippen molar-refractivity contribution in [3.63, 3.8) is 0 Å². The zero-order valence-corrected chi connectivity index (χ0v) is 10.2. The fourth-order valence-electron chi connectivity index (χ4n) is 1.80. The predicted octanol–water partition coefficient (Wildman–Crippen LogP) is 2.58. The van der Waals surface area contributed by atoms with Gasteiger partial charge in [-0.3, -0.25) is 9.59 Å². The Morgan fingerprint density at radius 2 is 2.00 bits per heavy atom. The molecule has 0 saturated heterocycles. The lowest BCUT2D eigenvalue weighted by atomic mass is 10.2. The molecule has 1 aromatic heterocycles. The average Bonchev–Trinajstić information content (AvgIpc) is 2.70. The van der Waals surface area contributed by atoms with Crippen LogP contribution in [0, 0.1) is 0 Å². The summed E-state index contributed by atoms with van der Waals surface area (Å²) in [7, 11) is 0. The van der Waals surface area contributed by atoms with Gasteiger partial charge >= 0.3 is 11.9 Å². The summed E-state index contributed by atoms with van der Waals surface area (Å²) in [6.07, 6.45) is 1.04. The van der Waals surface area contributed by atoms with E-state index in [0.29, 0.717) is 6.42 Å². The van der Waals surface area contributed by atoms with E-state index in [-0.39, 0.29) is 12.8 Å². The summed E-state index contributed by atoms with van der Waals surface area (Å²) in [5.74, 6) is -0.974. The highest BCUT2D eigenvalue weighted by atomic mass is 16.6. The van der Waals surface area contributed by atoms with Crippen molar-refractivity contribution in [2.24, 2.45) is 0 Å². The summed E-state index contributed by atoms with van der Waals surface area (Å²) in [4.78, 5) is 25.8. The van der Waals surface area contributed by atoms with Crippen LogP contribution in [0.1, 0.15) is 25.5 Å². The van der Waals surface area contributed by atoms with Crippen molar-refractivity contribution in [2.45, 2.75) is 26.2 Å². The molecule has 0 spiro atoms. The quantitative estimate of drug-likeness (QED) is 0.665. The van der Waals surface area contributed by atoms with E-state index < -0.39 is 11.9 Å². The van der Waals surface area contributed by atoms with E-state index in [2.05, 4.69) is 4.98 Å². The molecule has 1 N–H and O–H groups in total. The van der Waals surface area contributed by atoms with Crippen LogP contribution in [-0.4, -0.2) is 16.9 Å². The van der Waals surface area contributed by atoms with Crippen molar-refractivity contribution in [3.8, 4) is 0 Å². The fourth-order valence-corrected chi connectivity index (χ4v) is 1.80. The van der Waals surface area contributed by atoms with E-state index >= 15 is 0 Å². The lowest BCUT2D eigenvalue weighted by Crippen LogP contribution is -2.14. The molecule has 0 atom stereocenters. The lowest BCUT2D eigenvalue weighted by molar-refractivity contribution is -0.159. The van der Waals surface area contributed by atoms with Crippen LogP contribution in [0.3, 0.4) is 0 Å². The summed E-state index contributed by atoms with van der Waals surface area (Å²) in [5, 5.41) is 1.04. The third kappa shape index (κ3) is 2.97. The monoisotopic (exact) mass is 245 g/mol. The SMILES string of the molecule is CCCC(=O)OC(=O)Cc1cc2ccccc2[nH]1. The first-order chi connectivity index (χ1) is 8.69. The van der Waals surface area contributed by atoms with Gasteiger partial charge in [0.15, 0.2) is 0 Å². The largest absolute Gasteiger partial charge is 0.393 e. The Morgan fingerprint density at radius 3 is 2.72 bits per heavy atom. The van der Waals surface area contributed by atoms with Gasteiger partial charge in [0.2, 0.25) is 0 Å². The number of carbonyl (C=O) groups excluding carboxylic acids is 2. The number of aromatic nitrogens is 1. The van der Waals surface area contributed by atoms with Gasteiger partial charge in [-0.05, 0) is 23.9 Å². The van der Waals surface area contributed by atoms with Crippen LogP contribution in [0.2, 0.25) is 0 Å². The number of para-hydroxylation sites is 1. The third-order valence-corrected chi connectivity index (χ3v) is 2.60. The summed E-state index contributed by atoms with van der Waals surface area (Å²) in [5.41, 5.74) is 1.73. The molecule has 18 heavy (non-hydrogen) atoms. The second-order valence-electron chi connectivity index (χ2n) is 4.15. The Morgan fingerprint density at radius 1 is 1.22 bits per heavy atom. The Balaban J connectivity index is 2.00. The molecule has 94 valence electrons. The predicted molar refractivity (Wildman–Crippen MR) is 68.0 cm³/mol. The number of nitrogens with one attached hydrogen (secondary N) is 1. The van der Waals surface area contributed by atoms with Gasteiger partial charge in [0, 0.05) is 17.6 Å².